The fourth-order valence-electron chi connectivity index (χ4n) is 3.99. The standard InChI is InChI=1S/C26H21NO6/c1-2-12-31-18-9-5-8-17(15-18)27-23(20-11-6-13-32-20)22(25(29)26(27)30)24(28)21-14-16-7-3-4-10-19(16)33-21/h3-11,13-15,23,29H,2,12H2,1H3. The Morgan fingerprint density at radius 2 is 1.94 bits per heavy atom. The summed E-state index contributed by atoms with van der Waals surface area (Å²) in [5.74, 6) is -0.975. The second-order valence-electron chi connectivity index (χ2n) is 7.68. The van der Waals surface area contributed by atoms with Gasteiger partial charge >= 0.3 is 0 Å². The van der Waals surface area contributed by atoms with Gasteiger partial charge in [0.15, 0.2) is 11.5 Å². The van der Waals surface area contributed by atoms with Crippen LogP contribution in [0.3, 0.4) is 0 Å². The molecule has 7 heteroatoms. The van der Waals surface area contributed by atoms with Gasteiger partial charge < -0.3 is 18.7 Å². The van der Waals surface area contributed by atoms with Crippen LogP contribution in [0.4, 0.5) is 5.69 Å². The number of Topliss-reactive ketones (excluding diaryl/α,β-unsaturated/α-hetero) is 1. The van der Waals surface area contributed by atoms with Crippen molar-refractivity contribution in [2.24, 2.45) is 0 Å². The highest BCUT2D eigenvalue weighted by Gasteiger charge is 2.46. The van der Waals surface area contributed by atoms with E-state index in [2.05, 4.69) is 0 Å². The predicted octanol–water partition coefficient (Wildman–Crippen LogP) is 5.60. The molecule has 3 heterocycles. The number of rotatable bonds is 7. The molecule has 1 aliphatic heterocycles. The zero-order valence-corrected chi connectivity index (χ0v) is 17.9. The highest BCUT2D eigenvalue weighted by atomic mass is 16.5. The molecule has 0 radical (unpaired) electrons. The van der Waals surface area contributed by atoms with Gasteiger partial charge in [-0.3, -0.25) is 14.5 Å². The SMILES string of the molecule is CCCOc1cccc(N2C(=O)C(O)=C(C(=O)c3cc4ccccc4o3)C2c2ccco2)c1. The summed E-state index contributed by atoms with van der Waals surface area (Å²) in [6.07, 6.45) is 2.29. The molecule has 1 aliphatic rings. The number of ether oxygens (including phenoxy) is 1. The molecule has 1 amide bonds. The van der Waals surface area contributed by atoms with Gasteiger partial charge in [0.2, 0.25) is 5.78 Å². The van der Waals surface area contributed by atoms with Crippen molar-refractivity contribution in [3.63, 3.8) is 0 Å². The molecule has 0 saturated heterocycles. The van der Waals surface area contributed by atoms with E-state index in [0.29, 0.717) is 29.4 Å². The van der Waals surface area contributed by atoms with E-state index in [0.717, 1.165) is 11.8 Å². The summed E-state index contributed by atoms with van der Waals surface area (Å²) in [7, 11) is 0. The van der Waals surface area contributed by atoms with Crippen LogP contribution in [-0.4, -0.2) is 23.4 Å². The number of ketones is 1. The number of hydrogen-bond acceptors (Lipinski definition) is 6. The highest BCUT2D eigenvalue weighted by molar-refractivity contribution is 6.20. The van der Waals surface area contributed by atoms with Gasteiger partial charge in [-0.05, 0) is 42.8 Å². The lowest BCUT2D eigenvalue weighted by molar-refractivity contribution is -0.117. The molecule has 1 N–H and O–H groups in total. The van der Waals surface area contributed by atoms with Crippen molar-refractivity contribution in [2.45, 2.75) is 19.4 Å². The van der Waals surface area contributed by atoms with E-state index < -0.39 is 23.5 Å². The van der Waals surface area contributed by atoms with E-state index >= 15 is 0 Å². The van der Waals surface area contributed by atoms with Crippen molar-refractivity contribution in [2.75, 3.05) is 11.5 Å². The molecule has 0 fully saturated rings. The Morgan fingerprint density at radius 3 is 2.70 bits per heavy atom. The quantitative estimate of drug-likeness (QED) is 0.374. The topological polar surface area (TPSA) is 93.1 Å². The Balaban J connectivity index is 1.59. The highest BCUT2D eigenvalue weighted by Crippen LogP contribution is 2.43. The summed E-state index contributed by atoms with van der Waals surface area (Å²) >= 11 is 0. The number of furan rings is 2. The lowest BCUT2D eigenvalue weighted by Crippen LogP contribution is -2.30. The van der Waals surface area contributed by atoms with Crippen LogP contribution in [-0.2, 0) is 4.79 Å². The van der Waals surface area contributed by atoms with Crippen LogP contribution < -0.4 is 9.64 Å². The lowest BCUT2D eigenvalue weighted by atomic mass is 9.99. The van der Waals surface area contributed by atoms with Gasteiger partial charge in [-0.1, -0.05) is 31.2 Å². The molecule has 0 aliphatic carbocycles. The third-order valence-electron chi connectivity index (χ3n) is 5.48. The molecular formula is C26H21NO6. The van der Waals surface area contributed by atoms with E-state index in [1.54, 1.807) is 54.6 Å². The van der Waals surface area contributed by atoms with Crippen molar-refractivity contribution in [3.05, 3.63) is 95.8 Å². The van der Waals surface area contributed by atoms with E-state index in [1.165, 1.54) is 11.2 Å². The van der Waals surface area contributed by atoms with Crippen molar-refractivity contribution >= 4 is 28.3 Å². The first-order valence-corrected chi connectivity index (χ1v) is 10.6. The summed E-state index contributed by atoms with van der Waals surface area (Å²) < 4.78 is 17.0. The van der Waals surface area contributed by atoms with Crippen molar-refractivity contribution in [1.29, 1.82) is 0 Å². The van der Waals surface area contributed by atoms with Crippen molar-refractivity contribution in [1.82, 2.24) is 0 Å². The summed E-state index contributed by atoms with van der Waals surface area (Å²) in [5, 5.41) is 11.6. The molecule has 0 saturated carbocycles. The molecule has 1 atom stereocenters. The second-order valence-corrected chi connectivity index (χ2v) is 7.68. The normalized spacial score (nSPS) is 16.1. The fraction of sp³-hybridized carbons (Fsp3) is 0.154. The van der Waals surface area contributed by atoms with Crippen LogP contribution in [0.25, 0.3) is 11.0 Å². The molecule has 0 bridgehead atoms. The Labute approximate surface area is 189 Å². The van der Waals surface area contributed by atoms with Crippen LogP contribution in [0.1, 0.15) is 35.7 Å². The number of para-hydroxylation sites is 1. The minimum absolute atomic E-state index is 0.0315. The Hall–Kier alpha value is -4.26. The minimum Gasteiger partial charge on any atom is -0.503 e. The van der Waals surface area contributed by atoms with Crippen molar-refractivity contribution in [3.8, 4) is 5.75 Å². The Bertz CT molecular complexity index is 1330. The number of hydrogen-bond donors (Lipinski definition) is 1. The zero-order chi connectivity index (χ0) is 22.9. The molecular weight excluding hydrogens is 422 g/mol. The van der Waals surface area contributed by atoms with Crippen LogP contribution in [0.5, 0.6) is 5.75 Å². The Kier molecular flexibility index (Phi) is 5.22. The molecule has 4 aromatic rings. The van der Waals surface area contributed by atoms with Gasteiger partial charge in [0.1, 0.15) is 23.1 Å². The first kappa shape index (κ1) is 20.6. The van der Waals surface area contributed by atoms with Crippen LogP contribution in [0, 0.1) is 0 Å². The lowest BCUT2D eigenvalue weighted by Gasteiger charge is -2.25. The number of nitrogens with zero attached hydrogens (tertiary/aromatic N) is 1. The van der Waals surface area contributed by atoms with E-state index in [1.807, 2.05) is 19.1 Å². The second kappa shape index (κ2) is 8.35. The van der Waals surface area contributed by atoms with Crippen LogP contribution in [0.2, 0.25) is 0 Å². The van der Waals surface area contributed by atoms with E-state index in [4.69, 9.17) is 13.6 Å². The fourth-order valence-corrected chi connectivity index (χ4v) is 3.99. The van der Waals surface area contributed by atoms with Crippen LogP contribution >= 0.6 is 0 Å². The number of carbonyl (C=O) groups excluding carboxylic acids is 2. The molecule has 0 spiro atoms. The number of anilines is 1. The number of aliphatic hydroxyl groups excluding tert-OH is 1. The first-order valence-electron chi connectivity index (χ1n) is 10.6. The molecule has 33 heavy (non-hydrogen) atoms. The molecule has 2 aromatic heterocycles. The molecule has 2 aromatic carbocycles. The van der Waals surface area contributed by atoms with Gasteiger partial charge in [0, 0.05) is 17.1 Å². The molecule has 5 rings (SSSR count). The summed E-state index contributed by atoms with van der Waals surface area (Å²) in [5.41, 5.74) is 0.903. The first-order chi connectivity index (χ1) is 16.1. The summed E-state index contributed by atoms with van der Waals surface area (Å²) in [6, 6.07) is 18.1. The third-order valence-corrected chi connectivity index (χ3v) is 5.48. The number of benzene rings is 2. The van der Waals surface area contributed by atoms with Gasteiger partial charge in [-0.25, -0.2) is 0 Å². The molecule has 166 valence electrons. The average molecular weight is 443 g/mol. The number of aliphatic hydroxyl groups is 1. The monoisotopic (exact) mass is 443 g/mol. The summed E-state index contributed by atoms with van der Waals surface area (Å²) in [4.78, 5) is 28.1. The van der Waals surface area contributed by atoms with E-state index in [9.17, 15) is 14.7 Å². The van der Waals surface area contributed by atoms with Gasteiger partial charge in [0.05, 0.1) is 18.4 Å². The molecule has 7 nitrogen and oxygen atoms in total. The Morgan fingerprint density at radius 1 is 1.09 bits per heavy atom. The maximum absolute atomic E-state index is 13.5. The number of carbonyl (C=O) groups is 2. The van der Waals surface area contributed by atoms with Crippen LogP contribution in [0.15, 0.2) is 93.2 Å². The average Bonchev–Trinajstić information content (AvgIpc) is 3.56. The third kappa shape index (κ3) is 3.57. The van der Waals surface area contributed by atoms with Gasteiger partial charge in [0.25, 0.3) is 5.91 Å². The minimum atomic E-state index is -0.963. The van der Waals surface area contributed by atoms with Crippen molar-refractivity contribution < 1.29 is 28.3 Å². The van der Waals surface area contributed by atoms with Gasteiger partial charge in [-0.15, -0.1) is 0 Å². The summed E-state index contributed by atoms with van der Waals surface area (Å²) in [6.45, 7) is 2.52. The maximum atomic E-state index is 13.5. The largest absolute Gasteiger partial charge is 0.503 e. The molecule has 1 unspecified atom stereocenters. The zero-order valence-electron chi connectivity index (χ0n) is 17.9. The number of fused-ring (bicyclic) bond motifs is 1. The van der Waals surface area contributed by atoms with E-state index in [-0.39, 0.29) is 11.3 Å². The smallest absolute Gasteiger partial charge is 0.294 e. The number of amides is 1. The predicted molar refractivity (Wildman–Crippen MR) is 121 cm³/mol. The maximum Gasteiger partial charge on any atom is 0.294 e. The van der Waals surface area contributed by atoms with Gasteiger partial charge in [-0.2, -0.15) is 0 Å².